The summed E-state index contributed by atoms with van der Waals surface area (Å²) in [5.74, 6) is -0.184. The Morgan fingerprint density at radius 2 is 1.88 bits per heavy atom. The molecule has 10 atom stereocenters. The molecule has 0 radical (unpaired) electrons. The molecular weight excluding hydrogens is 681 g/mol. The van der Waals surface area contributed by atoms with Crippen molar-refractivity contribution in [2.24, 2.45) is 22.7 Å². The van der Waals surface area contributed by atoms with E-state index in [4.69, 9.17) is 21.1 Å². The minimum absolute atomic E-state index is 0.0291. The van der Waals surface area contributed by atoms with Gasteiger partial charge in [0.15, 0.2) is 23.3 Å². The number of benzene rings is 2. The molecular formula is C39H45ClFNO5S2. The third-order valence-electron chi connectivity index (χ3n) is 12.4. The van der Waals surface area contributed by atoms with Crippen molar-refractivity contribution < 1.29 is 28.6 Å². The van der Waals surface area contributed by atoms with Gasteiger partial charge in [0, 0.05) is 44.7 Å². The van der Waals surface area contributed by atoms with Crippen molar-refractivity contribution in [3.8, 4) is 0 Å². The first-order valence-corrected chi connectivity index (χ1v) is 19.9. The van der Waals surface area contributed by atoms with Gasteiger partial charge in [0.05, 0.1) is 17.4 Å². The fourth-order valence-electron chi connectivity index (χ4n) is 9.58. The van der Waals surface area contributed by atoms with E-state index >= 15 is 4.39 Å². The van der Waals surface area contributed by atoms with E-state index in [-0.39, 0.29) is 28.4 Å². The Balaban J connectivity index is 1.10. The number of ketones is 1. The predicted molar refractivity (Wildman–Crippen MR) is 194 cm³/mol. The first-order valence-electron chi connectivity index (χ1n) is 17.4. The van der Waals surface area contributed by atoms with Gasteiger partial charge in [-0.25, -0.2) is 4.39 Å². The van der Waals surface area contributed by atoms with E-state index < -0.39 is 46.5 Å². The van der Waals surface area contributed by atoms with Crippen molar-refractivity contribution in [2.45, 2.75) is 106 Å². The number of halogens is 2. The number of aliphatic hydroxyl groups excluding tert-OH is 1. The van der Waals surface area contributed by atoms with E-state index in [1.807, 2.05) is 19.1 Å². The van der Waals surface area contributed by atoms with Crippen LogP contribution in [-0.2, 0) is 24.8 Å². The van der Waals surface area contributed by atoms with Crippen molar-refractivity contribution in [3.63, 3.8) is 0 Å². The van der Waals surface area contributed by atoms with Gasteiger partial charge in [-0.15, -0.1) is 23.4 Å². The molecule has 1 aliphatic heterocycles. The summed E-state index contributed by atoms with van der Waals surface area (Å²) in [5.41, 5.74) is -1.60. The second kappa shape index (κ2) is 13.1. The minimum Gasteiger partial charge on any atom is -0.390 e. The van der Waals surface area contributed by atoms with E-state index in [2.05, 4.69) is 55.6 Å². The summed E-state index contributed by atoms with van der Waals surface area (Å²) in [5, 5.41) is 15.1. The van der Waals surface area contributed by atoms with E-state index in [0.717, 1.165) is 46.3 Å². The van der Waals surface area contributed by atoms with Crippen molar-refractivity contribution in [3.05, 3.63) is 83.5 Å². The summed E-state index contributed by atoms with van der Waals surface area (Å²) in [6.45, 7) is 8.11. The molecule has 3 saturated carbocycles. The van der Waals surface area contributed by atoms with Crippen molar-refractivity contribution >= 4 is 51.7 Å². The number of anilines is 1. The summed E-state index contributed by atoms with van der Waals surface area (Å²) in [6, 6.07) is 17.0. The topological polar surface area (TPSA) is 84.9 Å². The summed E-state index contributed by atoms with van der Waals surface area (Å²) in [4.78, 5) is 27.6. The lowest BCUT2D eigenvalue weighted by Gasteiger charge is -2.62. The maximum absolute atomic E-state index is 17.7. The maximum Gasteiger partial charge on any atom is 0.225 e. The van der Waals surface area contributed by atoms with Crippen LogP contribution >= 0.6 is 35.1 Å². The first kappa shape index (κ1) is 35.3. The van der Waals surface area contributed by atoms with Gasteiger partial charge in [-0.3, -0.25) is 9.59 Å². The van der Waals surface area contributed by atoms with Gasteiger partial charge >= 0.3 is 0 Å². The van der Waals surface area contributed by atoms with Gasteiger partial charge in [0.25, 0.3) is 0 Å². The Kier molecular flexibility index (Phi) is 9.45. The first-order chi connectivity index (χ1) is 23.4. The number of aliphatic hydroxyl groups is 1. The van der Waals surface area contributed by atoms with Crippen LogP contribution in [0, 0.1) is 22.7 Å². The van der Waals surface area contributed by atoms with Crippen molar-refractivity contribution in [1.29, 1.82) is 0 Å². The number of rotatable bonds is 9. The fourth-order valence-corrected chi connectivity index (χ4v) is 11.5. The number of carbonyl (C=O) groups excluding carboxylic acids is 2. The van der Waals surface area contributed by atoms with Gasteiger partial charge in [-0.05, 0) is 93.9 Å². The molecule has 4 fully saturated rings. The van der Waals surface area contributed by atoms with Crippen LogP contribution < -0.4 is 5.32 Å². The third kappa shape index (κ3) is 5.48. The number of thioether (sulfide) groups is 2. The van der Waals surface area contributed by atoms with E-state index in [1.54, 1.807) is 24.8 Å². The molecule has 0 aromatic heterocycles. The van der Waals surface area contributed by atoms with Crippen LogP contribution in [0.1, 0.15) is 77.2 Å². The van der Waals surface area contributed by atoms with Gasteiger partial charge in [-0.2, -0.15) is 0 Å². The molecule has 0 bridgehead atoms. The van der Waals surface area contributed by atoms with Gasteiger partial charge < -0.3 is 19.9 Å². The lowest BCUT2D eigenvalue weighted by atomic mass is 9.45. The number of allylic oxidation sites excluding steroid dienone is 4. The molecule has 4 aliphatic carbocycles. The number of alkyl halides is 2. The van der Waals surface area contributed by atoms with Crippen LogP contribution in [0.15, 0.2) is 77.2 Å². The van der Waals surface area contributed by atoms with Crippen LogP contribution in [0.5, 0.6) is 0 Å². The minimum atomic E-state index is -2.00. The zero-order valence-electron chi connectivity index (χ0n) is 28.4. The van der Waals surface area contributed by atoms with Crippen LogP contribution in [0.3, 0.4) is 0 Å². The molecule has 6 nitrogen and oxygen atoms in total. The zero-order chi connectivity index (χ0) is 34.8. The summed E-state index contributed by atoms with van der Waals surface area (Å²) in [6.07, 6.45) is 4.39. The lowest BCUT2D eigenvalue weighted by molar-refractivity contribution is -0.228. The number of carbonyl (C=O) groups is 2. The van der Waals surface area contributed by atoms with E-state index in [9.17, 15) is 14.7 Å². The molecule has 5 aliphatic rings. The molecule has 2 aromatic carbocycles. The van der Waals surface area contributed by atoms with Crippen LogP contribution in [0.4, 0.5) is 10.1 Å². The molecule has 7 rings (SSSR count). The number of hydrogen-bond donors (Lipinski definition) is 2. The molecule has 10 heteroatoms. The number of ether oxygens (including phenoxy) is 2. The Labute approximate surface area is 302 Å². The highest BCUT2D eigenvalue weighted by Gasteiger charge is 2.79. The summed E-state index contributed by atoms with van der Waals surface area (Å²) >= 11 is 8.87. The molecule has 1 unspecified atom stereocenters. The highest BCUT2D eigenvalue weighted by Crippen LogP contribution is 2.73. The SMILES string of the molecule is CCC(C)Nc1ccc(SCc2ccc([C@@H]3O[C@@H]4C[C@H]5[C@@H]6CCC7=CC(=O)C=C[C@]7(C)[C@@]6(F)[C@@H](O)C[C@]5(C)[C@]4(C(=O)SCCl)O3)cc2)cc1. The standard InChI is InChI=1S/C39H45ClFNO5S2/c1-5-23(2)42-27-11-13-29(14-12-27)48-21-24-6-8-25(9-7-24)34-46-33-19-31-30-15-10-26-18-28(43)16-17-36(26,3)38(30,41)32(44)20-37(31,4)39(33,47-34)35(45)49-22-40/h6-9,11-14,16-18,23,30-34,42,44H,5,10,15,19-22H2,1-4H3/t23?,30-,31-,32-,33+,34+,36-,37-,38-,39-/m0/s1. The zero-order valence-corrected chi connectivity index (χ0v) is 30.8. The summed E-state index contributed by atoms with van der Waals surface area (Å²) < 4.78 is 31.1. The van der Waals surface area contributed by atoms with Crippen molar-refractivity contribution in [2.75, 3.05) is 10.5 Å². The van der Waals surface area contributed by atoms with Crippen LogP contribution in [0.2, 0.25) is 0 Å². The van der Waals surface area contributed by atoms with E-state index in [1.165, 1.54) is 17.0 Å². The highest BCUT2D eigenvalue weighted by atomic mass is 35.5. The van der Waals surface area contributed by atoms with Gasteiger partial charge in [0.2, 0.25) is 5.12 Å². The molecule has 0 amide bonds. The van der Waals surface area contributed by atoms with Crippen molar-refractivity contribution in [1.82, 2.24) is 0 Å². The predicted octanol–water partition coefficient (Wildman–Crippen LogP) is 8.78. The Morgan fingerprint density at radius 3 is 2.57 bits per heavy atom. The van der Waals surface area contributed by atoms with Gasteiger partial charge in [0.1, 0.15) is 0 Å². The fraction of sp³-hybridized carbons (Fsp3) is 0.538. The molecule has 0 spiro atoms. The molecule has 1 heterocycles. The number of fused-ring (bicyclic) bond motifs is 7. The average molecular weight is 726 g/mol. The van der Waals surface area contributed by atoms with Gasteiger partial charge in [-0.1, -0.05) is 61.5 Å². The number of nitrogens with one attached hydrogen (secondary N) is 1. The number of hydrogen-bond acceptors (Lipinski definition) is 8. The normalized spacial score (nSPS) is 38.2. The van der Waals surface area contributed by atoms with Crippen LogP contribution in [0.25, 0.3) is 0 Å². The summed E-state index contributed by atoms with van der Waals surface area (Å²) in [7, 11) is 0. The second-order valence-corrected chi connectivity index (χ2v) is 17.4. The lowest BCUT2D eigenvalue weighted by Crippen LogP contribution is -2.69. The molecule has 1 saturated heterocycles. The average Bonchev–Trinajstić information content (AvgIpc) is 3.59. The highest BCUT2D eigenvalue weighted by molar-refractivity contribution is 8.14. The quantitative estimate of drug-likeness (QED) is 0.196. The largest absolute Gasteiger partial charge is 0.390 e. The Bertz CT molecular complexity index is 1670. The molecule has 2 aromatic rings. The molecule has 2 N–H and O–H groups in total. The smallest absolute Gasteiger partial charge is 0.225 e. The maximum atomic E-state index is 17.7. The monoisotopic (exact) mass is 725 g/mol. The Hall–Kier alpha value is -2.14. The second-order valence-electron chi connectivity index (χ2n) is 14.9. The molecule has 49 heavy (non-hydrogen) atoms. The molecule has 262 valence electrons. The Morgan fingerprint density at radius 1 is 1.14 bits per heavy atom. The van der Waals surface area contributed by atoms with Crippen LogP contribution in [-0.4, -0.2) is 50.7 Å². The third-order valence-corrected chi connectivity index (χ3v) is 14.5. The van der Waals surface area contributed by atoms with E-state index in [0.29, 0.717) is 25.3 Å².